The summed E-state index contributed by atoms with van der Waals surface area (Å²) in [6, 6.07) is 9.15. The van der Waals surface area contributed by atoms with Crippen LogP contribution in [0.2, 0.25) is 0 Å². The van der Waals surface area contributed by atoms with E-state index >= 15 is 0 Å². The number of amides is 1. The minimum Gasteiger partial charge on any atom is -0.497 e. The topological polar surface area (TPSA) is 66.0 Å². The molecule has 28 heavy (non-hydrogen) atoms. The maximum atomic E-state index is 12.5. The highest BCUT2D eigenvalue weighted by Crippen LogP contribution is 2.34. The number of ether oxygens (including phenoxy) is 4. The maximum absolute atomic E-state index is 12.5. The van der Waals surface area contributed by atoms with Gasteiger partial charge in [-0.3, -0.25) is 4.79 Å². The van der Waals surface area contributed by atoms with E-state index in [1.807, 2.05) is 44.2 Å². The summed E-state index contributed by atoms with van der Waals surface area (Å²) in [6.45, 7) is 5.22. The van der Waals surface area contributed by atoms with Crippen LogP contribution < -0.4 is 24.3 Å². The summed E-state index contributed by atoms with van der Waals surface area (Å²) < 4.78 is 22.6. The molecule has 0 heterocycles. The molecule has 0 atom stereocenters. The van der Waals surface area contributed by atoms with Gasteiger partial charge in [-0.25, -0.2) is 0 Å². The van der Waals surface area contributed by atoms with E-state index in [1.165, 1.54) is 0 Å². The molecule has 0 aliphatic heterocycles. The van der Waals surface area contributed by atoms with Crippen molar-refractivity contribution in [2.24, 2.45) is 0 Å². The minimum atomic E-state index is -0.114. The molecule has 2 rings (SSSR count). The second-order valence-electron chi connectivity index (χ2n) is 5.89. The molecule has 0 unspecified atom stereocenters. The van der Waals surface area contributed by atoms with Crippen molar-refractivity contribution in [3.63, 3.8) is 0 Å². The number of rotatable bonds is 10. The molecular weight excluding hydrogens is 426 g/mol. The second-order valence-corrected chi connectivity index (χ2v) is 6.74. The molecule has 6 nitrogen and oxygen atoms in total. The highest BCUT2D eigenvalue weighted by molar-refractivity contribution is 9.10. The van der Waals surface area contributed by atoms with Crippen LogP contribution in [-0.4, -0.2) is 33.3 Å². The standard InChI is InChI=1S/C21H26BrNO5/c1-5-27-19-10-14(17(22)12-20(19)28-6-2)11-21(24)23-13-15-9-16(25-3)7-8-18(15)26-4/h7-10,12H,5-6,11,13H2,1-4H3,(H,23,24). The highest BCUT2D eigenvalue weighted by Gasteiger charge is 2.14. The first kappa shape index (κ1) is 21.9. The maximum Gasteiger partial charge on any atom is 0.224 e. The Morgan fingerprint density at radius 2 is 1.61 bits per heavy atom. The lowest BCUT2D eigenvalue weighted by Crippen LogP contribution is -2.25. The number of nitrogens with one attached hydrogen (secondary N) is 1. The lowest BCUT2D eigenvalue weighted by atomic mass is 10.1. The van der Waals surface area contributed by atoms with E-state index in [0.717, 1.165) is 15.6 Å². The van der Waals surface area contributed by atoms with Gasteiger partial charge in [0.1, 0.15) is 11.5 Å². The van der Waals surface area contributed by atoms with Gasteiger partial charge in [-0.1, -0.05) is 15.9 Å². The van der Waals surface area contributed by atoms with Crippen LogP contribution in [0.15, 0.2) is 34.8 Å². The first-order chi connectivity index (χ1) is 13.5. The zero-order chi connectivity index (χ0) is 20.5. The lowest BCUT2D eigenvalue weighted by Gasteiger charge is -2.15. The Bertz CT molecular complexity index is 810. The molecule has 0 aromatic heterocycles. The molecule has 0 fully saturated rings. The highest BCUT2D eigenvalue weighted by atomic mass is 79.9. The molecule has 0 bridgehead atoms. The SMILES string of the molecule is CCOc1cc(Br)c(CC(=O)NCc2cc(OC)ccc2OC)cc1OCC. The normalized spacial score (nSPS) is 10.3. The van der Waals surface area contributed by atoms with Gasteiger partial charge in [-0.15, -0.1) is 0 Å². The largest absolute Gasteiger partial charge is 0.497 e. The lowest BCUT2D eigenvalue weighted by molar-refractivity contribution is -0.120. The Balaban J connectivity index is 2.10. The van der Waals surface area contributed by atoms with Gasteiger partial charge >= 0.3 is 0 Å². The van der Waals surface area contributed by atoms with Crippen LogP contribution in [0.3, 0.4) is 0 Å². The molecule has 1 N–H and O–H groups in total. The summed E-state index contributed by atoms with van der Waals surface area (Å²) in [4.78, 5) is 12.5. The fraction of sp³-hybridized carbons (Fsp3) is 0.381. The van der Waals surface area contributed by atoms with Gasteiger partial charge in [0, 0.05) is 16.6 Å². The van der Waals surface area contributed by atoms with Gasteiger partial charge in [0.2, 0.25) is 5.91 Å². The van der Waals surface area contributed by atoms with E-state index in [-0.39, 0.29) is 12.3 Å². The van der Waals surface area contributed by atoms with E-state index in [4.69, 9.17) is 18.9 Å². The number of hydrogen-bond acceptors (Lipinski definition) is 5. The Kier molecular flexibility index (Phi) is 8.44. The fourth-order valence-electron chi connectivity index (χ4n) is 2.70. The number of halogens is 1. The smallest absolute Gasteiger partial charge is 0.224 e. The van der Waals surface area contributed by atoms with E-state index in [2.05, 4.69) is 21.2 Å². The average molecular weight is 452 g/mol. The minimum absolute atomic E-state index is 0.114. The first-order valence-corrected chi connectivity index (χ1v) is 9.87. The van der Waals surface area contributed by atoms with E-state index in [0.29, 0.717) is 42.8 Å². The molecular formula is C21H26BrNO5. The van der Waals surface area contributed by atoms with Crippen LogP contribution in [-0.2, 0) is 17.8 Å². The third-order valence-electron chi connectivity index (χ3n) is 4.03. The van der Waals surface area contributed by atoms with Crippen molar-refractivity contribution in [2.75, 3.05) is 27.4 Å². The van der Waals surface area contributed by atoms with Crippen molar-refractivity contribution < 1.29 is 23.7 Å². The zero-order valence-electron chi connectivity index (χ0n) is 16.6. The number of benzene rings is 2. The van der Waals surface area contributed by atoms with Crippen LogP contribution in [0.5, 0.6) is 23.0 Å². The summed E-state index contributed by atoms with van der Waals surface area (Å²) in [5, 5.41) is 2.92. The van der Waals surface area contributed by atoms with Crippen LogP contribution in [0, 0.1) is 0 Å². The molecule has 0 aliphatic carbocycles. The molecule has 7 heteroatoms. The van der Waals surface area contributed by atoms with Gasteiger partial charge in [-0.05, 0) is 49.7 Å². The summed E-state index contributed by atoms with van der Waals surface area (Å²) in [5.74, 6) is 2.58. The second kappa shape index (κ2) is 10.8. The summed E-state index contributed by atoms with van der Waals surface area (Å²) in [6.07, 6.45) is 0.208. The summed E-state index contributed by atoms with van der Waals surface area (Å²) >= 11 is 3.52. The van der Waals surface area contributed by atoms with Crippen LogP contribution in [0.1, 0.15) is 25.0 Å². The van der Waals surface area contributed by atoms with Gasteiger partial charge in [-0.2, -0.15) is 0 Å². The van der Waals surface area contributed by atoms with E-state index in [9.17, 15) is 4.79 Å². The number of carbonyl (C=O) groups excluding carboxylic acids is 1. The molecule has 0 spiro atoms. The van der Waals surface area contributed by atoms with Gasteiger partial charge in [0.05, 0.1) is 33.9 Å². The molecule has 1 amide bonds. The number of methoxy groups -OCH3 is 2. The Morgan fingerprint density at radius 3 is 2.21 bits per heavy atom. The van der Waals surface area contributed by atoms with Gasteiger partial charge in [0.25, 0.3) is 0 Å². The molecule has 2 aromatic carbocycles. The third kappa shape index (κ3) is 5.79. The Morgan fingerprint density at radius 1 is 0.929 bits per heavy atom. The third-order valence-corrected chi connectivity index (χ3v) is 4.77. The van der Waals surface area contributed by atoms with Crippen molar-refractivity contribution in [3.05, 3.63) is 45.9 Å². The molecule has 0 saturated carbocycles. The van der Waals surface area contributed by atoms with E-state index < -0.39 is 0 Å². The number of hydrogen-bond donors (Lipinski definition) is 1. The molecule has 0 aliphatic rings. The van der Waals surface area contributed by atoms with Gasteiger partial charge < -0.3 is 24.3 Å². The molecule has 152 valence electrons. The van der Waals surface area contributed by atoms with Crippen LogP contribution in [0.4, 0.5) is 0 Å². The van der Waals surface area contributed by atoms with Crippen molar-refractivity contribution in [1.29, 1.82) is 0 Å². The Labute approximate surface area is 174 Å². The predicted octanol–water partition coefficient (Wildman–Crippen LogP) is 4.12. The van der Waals surface area contributed by atoms with E-state index in [1.54, 1.807) is 14.2 Å². The van der Waals surface area contributed by atoms with Crippen molar-refractivity contribution >= 4 is 21.8 Å². The fourth-order valence-corrected chi connectivity index (χ4v) is 3.16. The quantitative estimate of drug-likeness (QED) is 0.588. The Hall–Kier alpha value is -2.41. The predicted molar refractivity (Wildman–Crippen MR) is 112 cm³/mol. The van der Waals surface area contributed by atoms with Crippen LogP contribution >= 0.6 is 15.9 Å². The van der Waals surface area contributed by atoms with Gasteiger partial charge in [0.15, 0.2) is 11.5 Å². The number of carbonyl (C=O) groups is 1. The molecule has 2 aromatic rings. The first-order valence-electron chi connectivity index (χ1n) is 9.07. The molecule has 0 saturated heterocycles. The monoisotopic (exact) mass is 451 g/mol. The van der Waals surface area contributed by atoms with Crippen molar-refractivity contribution in [3.8, 4) is 23.0 Å². The van der Waals surface area contributed by atoms with Crippen molar-refractivity contribution in [2.45, 2.75) is 26.8 Å². The summed E-state index contributed by atoms with van der Waals surface area (Å²) in [5.41, 5.74) is 1.66. The average Bonchev–Trinajstić information content (AvgIpc) is 2.69. The molecule has 0 radical (unpaired) electrons. The summed E-state index contributed by atoms with van der Waals surface area (Å²) in [7, 11) is 3.20. The zero-order valence-corrected chi connectivity index (χ0v) is 18.2. The van der Waals surface area contributed by atoms with Crippen LogP contribution in [0.25, 0.3) is 0 Å². The van der Waals surface area contributed by atoms with Crippen molar-refractivity contribution in [1.82, 2.24) is 5.32 Å².